The molecular formula is C22H21Cl2FN2O4S. The first-order valence-corrected chi connectivity index (χ1v) is 12.2. The van der Waals surface area contributed by atoms with Crippen LogP contribution >= 0.6 is 23.2 Å². The van der Waals surface area contributed by atoms with E-state index in [4.69, 9.17) is 23.2 Å². The molecule has 1 atom stereocenters. The van der Waals surface area contributed by atoms with Crippen LogP contribution in [0, 0.1) is 12.7 Å². The number of rotatable bonds is 6. The lowest BCUT2D eigenvalue weighted by Gasteiger charge is -2.15. The molecule has 0 aliphatic rings. The molecule has 10 heteroatoms. The zero-order valence-corrected chi connectivity index (χ0v) is 19.8. The number of hydrogen-bond donors (Lipinski definition) is 2. The fourth-order valence-electron chi connectivity index (χ4n) is 3.43. The van der Waals surface area contributed by atoms with Gasteiger partial charge < -0.3 is 15.0 Å². The lowest BCUT2D eigenvalue weighted by molar-refractivity contribution is 0.102. The summed E-state index contributed by atoms with van der Waals surface area (Å²) in [5.41, 5.74) is 2.24. The Kier molecular flexibility index (Phi) is 7.00. The Morgan fingerprint density at radius 2 is 1.84 bits per heavy atom. The molecule has 0 bridgehead atoms. The second-order valence-electron chi connectivity index (χ2n) is 7.49. The molecule has 2 aromatic carbocycles. The predicted octanol–water partition coefficient (Wildman–Crippen LogP) is 4.81. The summed E-state index contributed by atoms with van der Waals surface area (Å²) in [7, 11) is -3.50. The van der Waals surface area contributed by atoms with Gasteiger partial charge >= 0.3 is 0 Å². The van der Waals surface area contributed by atoms with Crippen LogP contribution in [0.5, 0.6) is 0 Å². The van der Waals surface area contributed by atoms with E-state index in [1.807, 2.05) is 0 Å². The van der Waals surface area contributed by atoms with Gasteiger partial charge in [-0.3, -0.25) is 4.79 Å². The van der Waals surface area contributed by atoms with Gasteiger partial charge in [-0.1, -0.05) is 23.2 Å². The Balaban J connectivity index is 2.02. The largest absolute Gasteiger partial charge is 0.393 e. The second kappa shape index (κ2) is 9.23. The van der Waals surface area contributed by atoms with Crippen molar-refractivity contribution in [3.8, 4) is 5.69 Å². The lowest BCUT2D eigenvalue weighted by atomic mass is 10.2. The summed E-state index contributed by atoms with van der Waals surface area (Å²) < 4.78 is 38.7. The molecule has 3 rings (SSSR count). The molecular weight excluding hydrogens is 478 g/mol. The van der Waals surface area contributed by atoms with Crippen LogP contribution in [0.25, 0.3) is 5.69 Å². The van der Waals surface area contributed by atoms with Crippen LogP contribution < -0.4 is 5.32 Å². The number of benzene rings is 2. The first-order chi connectivity index (χ1) is 14.9. The molecule has 1 aromatic heterocycles. The Hall–Kier alpha value is -2.39. The molecule has 6 nitrogen and oxygen atoms in total. The van der Waals surface area contributed by atoms with Gasteiger partial charge in [-0.2, -0.15) is 0 Å². The molecule has 0 saturated carbocycles. The summed E-state index contributed by atoms with van der Waals surface area (Å²) in [6.45, 7) is 3.32. The van der Waals surface area contributed by atoms with Crippen molar-refractivity contribution in [1.29, 1.82) is 0 Å². The minimum atomic E-state index is -3.50. The van der Waals surface area contributed by atoms with E-state index in [0.29, 0.717) is 28.3 Å². The van der Waals surface area contributed by atoms with Gasteiger partial charge in [0, 0.05) is 29.8 Å². The number of amides is 1. The average Bonchev–Trinajstić information content (AvgIpc) is 2.96. The zero-order valence-electron chi connectivity index (χ0n) is 17.5. The number of carbonyl (C=O) groups excluding carboxylic acids is 1. The molecule has 0 fully saturated rings. The quantitative estimate of drug-likeness (QED) is 0.510. The molecule has 3 aromatic rings. The first kappa shape index (κ1) is 24.3. The van der Waals surface area contributed by atoms with E-state index in [1.165, 1.54) is 36.4 Å². The van der Waals surface area contributed by atoms with Crippen LogP contribution in [0.15, 0.2) is 47.4 Å². The number of aliphatic hydroxyl groups is 1. The van der Waals surface area contributed by atoms with Gasteiger partial charge in [-0.05, 0) is 56.3 Å². The molecule has 0 radical (unpaired) electrons. The summed E-state index contributed by atoms with van der Waals surface area (Å²) in [5.74, 6) is -0.956. The number of aliphatic hydroxyl groups excluding tert-OH is 1. The van der Waals surface area contributed by atoms with Crippen LogP contribution in [-0.4, -0.2) is 36.4 Å². The van der Waals surface area contributed by atoms with E-state index >= 15 is 0 Å². The standard InChI is InChI=1S/C22H21Cl2FN2O4S/c1-12(28)8-16-11-17(13(2)27(16)20-6-4-14(25)9-18(20)23)22(29)26-15-5-7-21(19(24)10-15)32(3,30)31/h4-7,9-12,28H,8H2,1-3H3,(H,26,29)/t12-/m0/s1. The zero-order chi connectivity index (χ0) is 23.8. The Morgan fingerprint density at radius 1 is 1.16 bits per heavy atom. The molecule has 1 amide bonds. The van der Waals surface area contributed by atoms with Crippen molar-refractivity contribution in [3.63, 3.8) is 0 Å². The van der Waals surface area contributed by atoms with Crippen molar-refractivity contribution in [1.82, 2.24) is 4.57 Å². The van der Waals surface area contributed by atoms with Crippen LogP contribution in [0.4, 0.5) is 10.1 Å². The summed E-state index contributed by atoms with van der Waals surface area (Å²) >= 11 is 12.3. The fraction of sp³-hybridized carbons (Fsp3) is 0.227. The van der Waals surface area contributed by atoms with Crippen LogP contribution in [-0.2, 0) is 16.3 Å². The van der Waals surface area contributed by atoms with Crippen molar-refractivity contribution < 1.29 is 22.7 Å². The minimum absolute atomic E-state index is 0.00696. The smallest absolute Gasteiger partial charge is 0.257 e. The monoisotopic (exact) mass is 498 g/mol. The number of carbonyl (C=O) groups is 1. The Labute approximate surface area is 195 Å². The van der Waals surface area contributed by atoms with Gasteiger partial charge in [0.05, 0.1) is 32.3 Å². The highest BCUT2D eigenvalue weighted by atomic mass is 35.5. The van der Waals surface area contributed by atoms with E-state index in [-0.39, 0.29) is 21.4 Å². The maximum atomic E-state index is 13.5. The summed E-state index contributed by atoms with van der Waals surface area (Å²) in [5, 5.41) is 12.8. The van der Waals surface area contributed by atoms with Gasteiger partial charge in [0.25, 0.3) is 5.91 Å². The summed E-state index contributed by atoms with van der Waals surface area (Å²) in [6, 6.07) is 9.69. The SMILES string of the molecule is Cc1c(C(=O)Nc2ccc(S(C)(=O)=O)c(Cl)c2)cc(C[C@H](C)O)n1-c1ccc(F)cc1Cl. The lowest BCUT2D eigenvalue weighted by Crippen LogP contribution is -2.13. The maximum absolute atomic E-state index is 13.5. The van der Waals surface area contributed by atoms with Gasteiger partial charge in [0.1, 0.15) is 5.82 Å². The number of nitrogens with one attached hydrogen (secondary N) is 1. The third kappa shape index (κ3) is 5.15. The van der Waals surface area contributed by atoms with Crippen molar-refractivity contribution in [2.75, 3.05) is 11.6 Å². The topological polar surface area (TPSA) is 88.4 Å². The Morgan fingerprint density at radius 3 is 2.41 bits per heavy atom. The molecule has 2 N–H and O–H groups in total. The maximum Gasteiger partial charge on any atom is 0.257 e. The molecule has 170 valence electrons. The number of aromatic nitrogens is 1. The number of hydrogen-bond acceptors (Lipinski definition) is 4. The second-order valence-corrected chi connectivity index (χ2v) is 10.3. The molecule has 0 aliphatic carbocycles. The third-order valence-corrected chi connectivity index (χ3v) is 6.69. The number of sulfone groups is 1. The van der Waals surface area contributed by atoms with Gasteiger partial charge in [0.2, 0.25) is 0 Å². The average molecular weight is 499 g/mol. The van der Waals surface area contributed by atoms with E-state index in [9.17, 15) is 22.7 Å². The number of anilines is 1. The van der Waals surface area contributed by atoms with Gasteiger partial charge in [0.15, 0.2) is 9.84 Å². The molecule has 0 spiro atoms. The Bertz CT molecular complexity index is 1300. The molecule has 0 unspecified atom stereocenters. The first-order valence-electron chi connectivity index (χ1n) is 9.54. The molecule has 32 heavy (non-hydrogen) atoms. The minimum Gasteiger partial charge on any atom is -0.393 e. The molecule has 0 aliphatic heterocycles. The summed E-state index contributed by atoms with van der Waals surface area (Å²) in [6.07, 6.45) is 0.583. The van der Waals surface area contributed by atoms with E-state index in [2.05, 4.69) is 5.32 Å². The van der Waals surface area contributed by atoms with Crippen LogP contribution in [0.1, 0.15) is 28.7 Å². The van der Waals surface area contributed by atoms with Crippen molar-refractivity contribution in [2.24, 2.45) is 0 Å². The molecule has 1 heterocycles. The predicted molar refractivity (Wildman–Crippen MR) is 123 cm³/mol. The van der Waals surface area contributed by atoms with Crippen molar-refractivity contribution in [3.05, 3.63) is 75.3 Å². The van der Waals surface area contributed by atoms with Crippen molar-refractivity contribution >= 4 is 44.6 Å². The van der Waals surface area contributed by atoms with Gasteiger partial charge in [-0.25, -0.2) is 12.8 Å². The number of nitrogens with zero attached hydrogens (tertiary/aromatic N) is 1. The molecule has 0 saturated heterocycles. The summed E-state index contributed by atoms with van der Waals surface area (Å²) in [4.78, 5) is 13.0. The highest BCUT2D eigenvalue weighted by Gasteiger charge is 2.22. The normalized spacial score (nSPS) is 12.6. The van der Waals surface area contributed by atoms with E-state index < -0.39 is 27.7 Å². The highest BCUT2D eigenvalue weighted by molar-refractivity contribution is 7.90. The van der Waals surface area contributed by atoms with Crippen molar-refractivity contribution in [2.45, 2.75) is 31.3 Å². The van der Waals surface area contributed by atoms with Gasteiger partial charge in [-0.15, -0.1) is 0 Å². The highest BCUT2D eigenvalue weighted by Crippen LogP contribution is 2.30. The fourth-order valence-corrected chi connectivity index (χ4v) is 5.01. The van der Waals surface area contributed by atoms with Crippen LogP contribution in [0.2, 0.25) is 10.0 Å². The van der Waals surface area contributed by atoms with E-state index in [0.717, 1.165) is 6.26 Å². The van der Waals surface area contributed by atoms with E-state index in [1.54, 1.807) is 24.5 Å². The number of halogens is 3. The van der Waals surface area contributed by atoms with Crippen LogP contribution in [0.3, 0.4) is 0 Å². The third-order valence-electron chi connectivity index (χ3n) is 4.81.